The lowest BCUT2D eigenvalue weighted by Gasteiger charge is -2.06. The molecule has 0 bridgehead atoms. The molecule has 0 saturated heterocycles. The fourth-order valence-electron chi connectivity index (χ4n) is 0.808. The summed E-state index contributed by atoms with van der Waals surface area (Å²) >= 11 is 0. The van der Waals surface area contributed by atoms with Crippen molar-refractivity contribution >= 4 is 5.97 Å². The summed E-state index contributed by atoms with van der Waals surface area (Å²) in [5, 5.41) is 14.5. The molecule has 4 nitrogen and oxygen atoms in total. The van der Waals surface area contributed by atoms with Gasteiger partial charge in [-0.25, -0.2) is 4.79 Å². The molecule has 0 saturated carbocycles. The molecular formula is C7H5F3N2O2. The highest BCUT2D eigenvalue weighted by Gasteiger charge is 2.34. The van der Waals surface area contributed by atoms with Crippen molar-refractivity contribution in [3.05, 3.63) is 23.0 Å². The van der Waals surface area contributed by atoms with E-state index >= 15 is 0 Å². The van der Waals surface area contributed by atoms with Crippen LogP contribution in [0.3, 0.4) is 0 Å². The average Bonchev–Trinajstić information content (AvgIpc) is 2.02. The zero-order valence-corrected chi connectivity index (χ0v) is 6.96. The van der Waals surface area contributed by atoms with E-state index < -0.39 is 23.4 Å². The number of alkyl halides is 3. The molecule has 0 aromatic carbocycles. The van der Waals surface area contributed by atoms with Gasteiger partial charge in [0.15, 0.2) is 5.69 Å². The Bertz CT molecular complexity index is 376. The van der Waals surface area contributed by atoms with Crippen LogP contribution in [0.2, 0.25) is 0 Å². The highest BCUT2D eigenvalue weighted by atomic mass is 19.4. The van der Waals surface area contributed by atoms with Gasteiger partial charge in [0.25, 0.3) is 0 Å². The maximum Gasteiger partial charge on any atom is 0.435 e. The fourth-order valence-corrected chi connectivity index (χ4v) is 0.808. The molecule has 1 heterocycles. The highest BCUT2D eigenvalue weighted by Crippen LogP contribution is 2.27. The maximum absolute atomic E-state index is 12.1. The number of aromatic carboxylic acids is 1. The number of carboxylic acids is 1. The Labute approximate surface area is 76.4 Å². The van der Waals surface area contributed by atoms with Gasteiger partial charge in [0.1, 0.15) is 0 Å². The van der Waals surface area contributed by atoms with Crippen molar-refractivity contribution in [2.24, 2.45) is 0 Å². The molecule has 76 valence electrons. The lowest BCUT2D eigenvalue weighted by atomic mass is 10.2. The molecule has 0 aliphatic heterocycles. The van der Waals surface area contributed by atoms with E-state index in [2.05, 4.69) is 10.2 Å². The van der Waals surface area contributed by atoms with Gasteiger partial charge in [-0.2, -0.15) is 18.3 Å². The molecule has 1 N–H and O–H groups in total. The van der Waals surface area contributed by atoms with Crippen LogP contribution in [0.4, 0.5) is 13.2 Å². The minimum Gasteiger partial charge on any atom is -0.478 e. The van der Waals surface area contributed by atoms with E-state index in [-0.39, 0.29) is 5.69 Å². The third kappa shape index (κ3) is 1.98. The first-order valence-electron chi connectivity index (χ1n) is 3.47. The van der Waals surface area contributed by atoms with Gasteiger partial charge in [-0.05, 0) is 13.0 Å². The van der Waals surface area contributed by atoms with E-state index in [4.69, 9.17) is 5.11 Å². The lowest BCUT2D eigenvalue weighted by Crippen LogP contribution is -2.13. The summed E-state index contributed by atoms with van der Waals surface area (Å²) in [4.78, 5) is 10.5. The van der Waals surface area contributed by atoms with Crippen molar-refractivity contribution in [3.63, 3.8) is 0 Å². The van der Waals surface area contributed by atoms with Gasteiger partial charge in [-0.15, -0.1) is 5.10 Å². The van der Waals surface area contributed by atoms with Crippen LogP contribution in [-0.4, -0.2) is 21.3 Å². The summed E-state index contributed by atoms with van der Waals surface area (Å²) in [6.45, 7) is 1.27. The zero-order chi connectivity index (χ0) is 10.9. The molecule has 1 rings (SSSR count). The second kappa shape index (κ2) is 3.24. The van der Waals surface area contributed by atoms with Gasteiger partial charge >= 0.3 is 12.1 Å². The Balaban J connectivity index is 3.27. The number of aromatic nitrogens is 2. The van der Waals surface area contributed by atoms with Crippen LogP contribution in [-0.2, 0) is 6.18 Å². The summed E-state index contributed by atoms with van der Waals surface area (Å²) in [6, 6.07) is 0.463. The SMILES string of the molecule is Cc1nnc(C(F)(F)F)cc1C(=O)O. The predicted molar refractivity (Wildman–Crippen MR) is 38.7 cm³/mol. The molecule has 0 amide bonds. The van der Waals surface area contributed by atoms with E-state index in [1.807, 2.05) is 0 Å². The molecule has 1 aromatic rings. The molecule has 1 aromatic heterocycles. The second-order valence-corrected chi connectivity index (χ2v) is 2.53. The minimum absolute atomic E-state index is 0.0505. The number of hydrogen-bond acceptors (Lipinski definition) is 3. The van der Waals surface area contributed by atoms with E-state index in [9.17, 15) is 18.0 Å². The van der Waals surface area contributed by atoms with Crippen LogP contribution in [0.15, 0.2) is 6.07 Å². The highest BCUT2D eigenvalue weighted by molar-refractivity contribution is 5.88. The molecule has 0 unspecified atom stereocenters. The number of nitrogens with zero attached hydrogens (tertiary/aromatic N) is 2. The monoisotopic (exact) mass is 206 g/mol. The van der Waals surface area contributed by atoms with Gasteiger partial charge in [0.2, 0.25) is 0 Å². The summed E-state index contributed by atoms with van der Waals surface area (Å²) in [5.41, 5.74) is -1.85. The first kappa shape index (κ1) is 10.4. The Morgan fingerprint density at radius 3 is 2.43 bits per heavy atom. The quantitative estimate of drug-likeness (QED) is 0.756. The number of halogens is 3. The van der Waals surface area contributed by atoms with Gasteiger partial charge < -0.3 is 5.11 Å². The molecule has 0 aliphatic carbocycles. The van der Waals surface area contributed by atoms with Crippen LogP contribution < -0.4 is 0 Å². The molecular weight excluding hydrogens is 201 g/mol. The van der Waals surface area contributed by atoms with Crippen LogP contribution >= 0.6 is 0 Å². The third-order valence-electron chi connectivity index (χ3n) is 1.50. The predicted octanol–water partition coefficient (Wildman–Crippen LogP) is 1.50. The average molecular weight is 206 g/mol. The van der Waals surface area contributed by atoms with Gasteiger partial charge in [-0.1, -0.05) is 0 Å². The Kier molecular flexibility index (Phi) is 2.41. The second-order valence-electron chi connectivity index (χ2n) is 2.53. The number of rotatable bonds is 1. The van der Waals surface area contributed by atoms with E-state index in [0.29, 0.717) is 6.07 Å². The van der Waals surface area contributed by atoms with Gasteiger partial charge in [-0.3, -0.25) is 0 Å². The number of carboxylic acid groups (broad SMARTS) is 1. The Morgan fingerprint density at radius 1 is 1.43 bits per heavy atom. The number of hydrogen-bond donors (Lipinski definition) is 1. The summed E-state index contributed by atoms with van der Waals surface area (Å²) in [5.74, 6) is -1.46. The molecule has 0 atom stereocenters. The van der Waals surface area contributed by atoms with Crippen molar-refractivity contribution in [1.29, 1.82) is 0 Å². The van der Waals surface area contributed by atoms with E-state index in [0.717, 1.165) is 0 Å². The molecule has 14 heavy (non-hydrogen) atoms. The molecule has 0 aliphatic rings. The summed E-state index contributed by atoms with van der Waals surface area (Å²) < 4.78 is 36.2. The first-order valence-corrected chi connectivity index (χ1v) is 3.47. The summed E-state index contributed by atoms with van der Waals surface area (Å²) in [7, 11) is 0. The number of carbonyl (C=O) groups is 1. The standard InChI is InChI=1S/C7H5F3N2O2/c1-3-4(6(13)14)2-5(12-11-3)7(8,9)10/h2H,1H3,(H,13,14). The van der Waals surface area contributed by atoms with E-state index in [1.165, 1.54) is 6.92 Å². The van der Waals surface area contributed by atoms with Gasteiger partial charge in [0.05, 0.1) is 11.3 Å². The molecule has 0 fully saturated rings. The molecule has 7 heteroatoms. The smallest absolute Gasteiger partial charge is 0.435 e. The molecule has 0 radical (unpaired) electrons. The van der Waals surface area contributed by atoms with Gasteiger partial charge in [0, 0.05) is 0 Å². The largest absolute Gasteiger partial charge is 0.478 e. The molecule has 0 spiro atoms. The number of aryl methyl sites for hydroxylation is 1. The van der Waals surface area contributed by atoms with Crippen molar-refractivity contribution < 1.29 is 23.1 Å². The van der Waals surface area contributed by atoms with Crippen LogP contribution in [0.1, 0.15) is 21.7 Å². The zero-order valence-electron chi connectivity index (χ0n) is 6.96. The Morgan fingerprint density at radius 2 is 2.00 bits per heavy atom. The van der Waals surface area contributed by atoms with Crippen LogP contribution in [0.5, 0.6) is 0 Å². The van der Waals surface area contributed by atoms with Crippen molar-refractivity contribution in [2.75, 3.05) is 0 Å². The maximum atomic E-state index is 12.1. The van der Waals surface area contributed by atoms with Crippen molar-refractivity contribution in [1.82, 2.24) is 10.2 Å². The van der Waals surface area contributed by atoms with Crippen molar-refractivity contribution in [3.8, 4) is 0 Å². The van der Waals surface area contributed by atoms with Crippen LogP contribution in [0, 0.1) is 6.92 Å². The Hall–Kier alpha value is -1.66. The third-order valence-corrected chi connectivity index (χ3v) is 1.50. The minimum atomic E-state index is -4.68. The fraction of sp³-hybridized carbons (Fsp3) is 0.286. The topological polar surface area (TPSA) is 63.1 Å². The van der Waals surface area contributed by atoms with E-state index in [1.54, 1.807) is 0 Å². The summed E-state index contributed by atoms with van der Waals surface area (Å²) in [6.07, 6.45) is -4.68. The van der Waals surface area contributed by atoms with Crippen molar-refractivity contribution in [2.45, 2.75) is 13.1 Å². The first-order chi connectivity index (χ1) is 6.32. The normalized spacial score (nSPS) is 11.4. The van der Waals surface area contributed by atoms with Crippen LogP contribution in [0.25, 0.3) is 0 Å². The lowest BCUT2D eigenvalue weighted by molar-refractivity contribution is -0.141.